The number of nitrogen functional groups attached to an aromatic ring is 1. The lowest BCUT2D eigenvalue weighted by Gasteiger charge is -2.36. The van der Waals surface area contributed by atoms with Gasteiger partial charge in [0.05, 0.1) is 24.6 Å². The highest BCUT2D eigenvalue weighted by Gasteiger charge is 2.35. The Kier molecular flexibility index (Phi) is 6.85. The number of amides is 1. The van der Waals surface area contributed by atoms with E-state index in [4.69, 9.17) is 20.3 Å². The highest BCUT2D eigenvalue weighted by molar-refractivity contribution is 5.99. The Balaban J connectivity index is 1.32. The molecule has 208 valence electrons. The Labute approximate surface area is 235 Å². The van der Waals surface area contributed by atoms with Crippen LogP contribution in [0.2, 0.25) is 0 Å². The van der Waals surface area contributed by atoms with E-state index in [1.165, 1.54) is 12.4 Å². The molecule has 4 heterocycles. The Morgan fingerprint density at radius 3 is 2.73 bits per heavy atom. The summed E-state index contributed by atoms with van der Waals surface area (Å²) < 4.78 is 28.3. The van der Waals surface area contributed by atoms with Gasteiger partial charge in [-0.1, -0.05) is 31.2 Å². The molecule has 2 aromatic heterocycles. The number of ether oxygens (including phenoxy) is 2. The van der Waals surface area contributed by atoms with Gasteiger partial charge in [0.15, 0.2) is 5.65 Å². The van der Waals surface area contributed by atoms with Gasteiger partial charge in [-0.25, -0.2) is 19.0 Å². The minimum atomic E-state index is -0.536. The SMILES string of the molecule is CC1(/C=C(\C#N)C(=O)N2CCC[C@@H](n3nc(-c4ccc(Oc5ccccc5)cc4F)c4c(N)ncnc43)C2)COC1. The zero-order valence-electron chi connectivity index (χ0n) is 22.5. The fourth-order valence-corrected chi connectivity index (χ4v) is 5.32. The summed E-state index contributed by atoms with van der Waals surface area (Å²) in [5, 5.41) is 14.9. The Bertz CT molecular complexity index is 1690. The molecular weight excluding hydrogens is 525 g/mol. The van der Waals surface area contributed by atoms with Gasteiger partial charge in [-0.05, 0) is 37.1 Å². The van der Waals surface area contributed by atoms with Crippen molar-refractivity contribution in [2.45, 2.75) is 25.8 Å². The molecule has 2 aromatic carbocycles. The summed E-state index contributed by atoms with van der Waals surface area (Å²) >= 11 is 0. The van der Waals surface area contributed by atoms with Crippen LogP contribution in [0.25, 0.3) is 22.3 Å². The normalized spacial score (nSPS) is 18.5. The van der Waals surface area contributed by atoms with Crippen molar-refractivity contribution >= 4 is 22.8 Å². The van der Waals surface area contributed by atoms with Crippen LogP contribution < -0.4 is 10.5 Å². The van der Waals surface area contributed by atoms with Crippen molar-refractivity contribution in [2.24, 2.45) is 5.41 Å². The average molecular weight is 554 g/mol. The number of benzene rings is 2. The number of hydrogen-bond acceptors (Lipinski definition) is 8. The zero-order chi connectivity index (χ0) is 28.6. The second-order valence-electron chi connectivity index (χ2n) is 10.7. The highest BCUT2D eigenvalue weighted by Crippen LogP contribution is 2.37. The molecule has 0 bridgehead atoms. The standard InChI is InChI=1S/C30H28FN7O3/c1-30(16-40-17-30)13-19(14-32)29(39)37-11-5-6-20(15-37)38-28-25(27(33)34-18-35-28)26(36-38)23-10-9-22(12-24(23)31)41-21-7-3-2-4-8-21/h2-4,7-10,12-13,18,20H,5-6,11,15-17H2,1H3,(H2,33,34,35)/b19-13+/t20-/m1/s1. The van der Waals surface area contributed by atoms with Gasteiger partial charge < -0.3 is 20.1 Å². The van der Waals surface area contributed by atoms with Crippen LogP contribution in [0.15, 0.2) is 66.5 Å². The summed E-state index contributed by atoms with van der Waals surface area (Å²) in [5.41, 5.74) is 7.03. The van der Waals surface area contributed by atoms with Gasteiger partial charge in [-0.3, -0.25) is 4.79 Å². The van der Waals surface area contributed by atoms with Gasteiger partial charge in [-0.15, -0.1) is 0 Å². The maximum atomic E-state index is 15.5. The monoisotopic (exact) mass is 553 g/mol. The van der Waals surface area contributed by atoms with Crippen molar-refractivity contribution in [1.29, 1.82) is 5.26 Å². The van der Waals surface area contributed by atoms with Gasteiger partial charge in [0.25, 0.3) is 5.91 Å². The quantitative estimate of drug-likeness (QED) is 0.269. The summed E-state index contributed by atoms with van der Waals surface area (Å²) in [4.78, 5) is 23.6. The van der Waals surface area contributed by atoms with Crippen LogP contribution in [-0.4, -0.2) is 56.9 Å². The Morgan fingerprint density at radius 2 is 2.02 bits per heavy atom. The minimum Gasteiger partial charge on any atom is -0.457 e. The second kappa shape index (κ2) is 10.6. The van der Waals surface area contributed by atoms with Gasteiger partial charge in [0.1, 0.15) is 46.8 Å². The molecule has 2 fully saturated rings. The number of para-hydroxylation sites is 1. The molecule has 4 aromatic rings. The maximum Gasteiger partial charge on any atom is 0.264 e. The molecule has 1 atom stereocenters. The lowest BCUT2D eigenvalue weighted by molar-refractivity contribution is -0.128. The van der Waals surface area contributed by atoms with Gasteiger partial charge >= 0.3 is 0 Å². The van der Waals surface area contributed by atoms with Crippen LogP contribution in [0.4, 0.5) is 10.2 Å². The summed E-state index contributed by atoms with van der Waals surface area (Å²) in [5.74, 6) is 0.250. The van der Waals surface area contributed by atoms with Gasteiger partial charge in [-0.2, -0.15) is 10.4 Å². The van der Waals surface area contributed by atoms with Crippen LogP contribution in [0.3, 0.4) is 0 Å². The lowest BCUT2D eigenvalue weighted by Crippen LogP contribution is -2.43. The number of nitrogens with zero attached hydrogens (tertiary/aromatic N) is 6. The molecule has 0 radical (unpaired) electrons. The van der Waals surface area contributed by atoms with Crippen molar-refractivity contribution in [1.82, 2.24) is 24.6 Å². The van der Waals surface area contributed by atoms with Crippen LogP contribution in [0.1, 0.15) is 25.8 Å². The predicted molar refractivity (Wildman–Crippen MR) is 149 cm³/mol. The van der Waals surface area contributed by atoms with Crippen molar-refractivity contribution in [3.8, 4) is 28.8 Å². The number of hydrogen-bond donors (Lipinski definition) is 1. The first-order valence-electron chi connectivity index (χ1n) is 13.4. The molecular formula is C30H28FN7O3. The van der Waals surface area contributed by atoms with E-state index in [2.05, 4.69) is 16.0 Å². The zero-order valence-corrected chi connectivity index (χ0v) is 22.5. The maximum absolute atomic E-state index is 15.5. The predicted octanol–water partition coefficient (Wildman–Crippen LogP) is 4.66. The number of halogens is 1. The number of aromatic nitrogens is 4. The Hall–Kier alpha value is -4.82. The third kappa shape index (κ3) is 5.10. The van der Waals surface area contributed by atoms with Crippen molar-refractivity contribution in [3.63, 3.8) is 0 Å². The molecule has 0 aliphatic carbocycles. The minimum absolute atomic E-state index is 0.105. The van der Waals surface area contributed by atoms with E-state index in [1.54, 1.807) is 39.9 Å². The number of piperidine rings is 1. The molecule has 6 rings (SSSR count). The average Bonchev–Trinajstić information content (AvgIpc) is 3.36. The van der Waals surface area contributed by atoms with Crippen molar-refractivity contribution in [3.05, 3.63) is 72.3 Å². The van der Waals surface area contributed by atoms with E-state index in [0.717, 1.165) is 0 Å². The van der Waals surface area contributed by atoms with Crippen LogP contribution in [0, 0.1) is 22.6 Å². The molecule has 2 saturated heterocycles. The molecule has 2 aliphatic rings. The first-order chi connectivity index (χ1) is 19.8. The summed E-state index contributed by atoms with van der Waals surface area (Å²) in [6, 6.07) is 15.5. The number of nitrogens with two attached hydrogens (primary N) is 1. The highest BCUT2D eigenvalue weighted by atomic mass is 19.1. The topological polar surface area (TPSA) is 132 Å². The smallest absolute Gasteiger partial charge is 0.264 e. The number of likely N-dealkylation sites (tertiary alicyclic amines) is 1. The number of nitriles is 1. The van der Waals surface area contributed by atoms with Crippen LogP contribution in [-0.2, 0) is 9.53 Å². The molecule has 2 aliphatic heterocycles. The number of rotatable bonds is 6. The Morgan fingerprint density at radius 1 is 1.22 bits per heavy atom. The molecule has 0 saturated carbocycles. The molecule has 0 spiro atoms. The molecule has 0 unspecified atom stereocenters. The first kappa shape index (κ1) is 26.4. The molecule has 11 heteroatoms. The van der Waals surface area contributed by atoms with E-state index in [1.807, 2.05) is 25.1 Å². The molecule has 41 heavy (non-hydrogen) atoms. The fraction of sp³-hybridized carbons (Fsp3) is 0.300. The van der Waals surface area contributed by atoms with Crippen molar-refractivity contribution in [2.75, 3.05) is 32.0 Å². The number of fused-ring (bicyclic) bond motifs is 1. The third-order valence-corrected chi connectivity index (χ3v) is 7.43. The summed E-state index contributed by atoms with van der Waals surface area (Å²) in [6.45, 7) is 3.75. The van der Waals surface area contributed by atoms with E-state index in [-0.39, 0.29) is 34.3 Å². The van der Waals surface area contributed by atoms with Gasteiger partial charge in [0, 0.05) is 30.1 Å². The number of carbonyl (C=O) groups is 1. The summed E-state index contributed by atoms with van der Waals surface area (Å²) in [7, 11) is 0. The third-order valence-electron chi connectivity index (χ3n) is 7.43. The molecule has 1 amide bonds. The molecule has 10 nitrogen and oxygen atoms in total. The number of anilines is 1. The first-order valence-corrected chi connectivity index (χ1v) is 13.4. The van der Waals surface area contributed by atoms with Crippen molar-refractivity contribution < 1.29 is 18.7 Å². The van der Waals surface area contributed by atoms with Gasteiger partial charge in [0.2, 0.25) is 0 Å². The van der Waals surface area contributed by atoms with E-state index in [0.29, 0.717) is 67.4 Å². The van der Waals surface area contributed by atoms with Crippen LogP contribution in [0.5, 0.6) is 11.5 Å². The van der Waals surface area contributed by atoms with E-state index < -0.39 is 5.82 Å². The number of carbonyl (C=O) groups excluding carboxylic acids is 1. The van der Waals surface area contributed by atoms with E-state index >= 15 is 4.39 Å². The molecule has 2 N–H and O–H groups in total. The second-order valence-corrected chi connectivity index (χ2v) is 10.7. The summed E-state index contributed by atoms with van der Waals surface area (Å²) in [6.07, 6.45) is 4.47. The fourth-order valence-electron chi connectivity index (χ4n) is 5.32. The van der Waals surface area contributed by atoms with E-state index in [9.17, 15) is 10.1 Å². The van der Waals surface area contributed by atoms with Crippen LogP contribution >= 0.6 is 0 Å². The largest absolute Gasteiger partial charge is 0.457 e. The lowest BCUT2D eigenvalue weighted by atomic mass is 9.86.